The number of esters is 2. The molecular formula is C24H30N2O5. The first-order chi connectivity index (χ1) is 15.0. The van der Waals surface area contributed by atoms with Gasteiger partial charge in [0.05, 0.1) is 7.11 Å². The Balaban J connectivity index is 1.77. The highest BCUT2D eigenvalue weighted by molar-refractivity contribution is 5.96. The molecule has 1 aromatic rings. The van der Waals surface area contributed by atoms with E-state index in [1.807, 2.05) is 23.4 Å². The van der Waals surface area contributed by atoms with Crippen LogP contribution in [0.3, 0.4) is 0 Å². The number of hydrogen-bond acceptors (Lipinski definition) is 6. The number of fused-ring (bicyclic) bond motifs is 13. The number of carbonyl (C=O) groups is 3. The van der Waals surface area contributed by atoms with Crippen LogP contribution in [0.25, 0.3) is 0 Å². The zero-order valence-corrected chi connectivity index (χ0v) is 18.0. The van der Waals surface area contributed by atoms with E-state index >= 15 is 0 Å². The molecule has 0 aromatic heterocycles. The van der Waals surface area contributed by atoms with Crippen LogP contribution in [0.5, 0.6) is 5.75 Å². The number of benzene rings is 1. The van der Waals surface area contributed by atoms with Gasteiger partial charge in [-0.3, -0.25) is 9.59 Å². The highest BCUT2D eigenvalue weighted by Crippen LogP contribution is 2.18. The predicted molar refractivity (Wildman–Crippen MR) is 116 cm³/mol. The van der Waals surface area contributed by atoms with Gasteiger partial charge in [0, 0.05) is 31.2 Å². The van der Waals surface area contributed by atoms with E-state index in [-0.39, 0.29) is 18.3 Å². The van der Waals surface area contributed by atoms with Crippen molar-refractivity contribution in [2.75, 3.05) is 13.7 Å². The van der Waals surface area contributed by atoms with Crippen molar-refractivity contribution in [3.63, 3.8) is 0 Å². The topological polar surface area (TPSA) is 84.9 Å². The van der Waals surface area contributed by atoms with Crippen molar-refractivity contribution in [1.29, 1.82) is 0 Å². The molecule has 0 spiro atoms. The first-order valence-corrected chi connectivity index (χ1v) is 10.9. The zero-order valence-electron chi connectivity index (χ0n) is 18.0. The smallest absolute Gasteiger partial charge is 0.328 e. The number of hydrogen-bond donors (Lipinski definition) is 1. The Labute approximate surface area is 183 Å². The highest BCUT2D eigenvalue weighted by atomic mass is 16.5. The number of carbonyl (C=O) groups excluding carboxylic acids is 3. The van der Waals surface area contributed by atoms with E-state index in [1.54, 1.807) is 24.3 Å². The van der Waals surface area contributed by atoms with Gasteiger partial charge in [-0.15, -0.1) is 0 Å². The highest BCUT2D eigenvalue weighted by Gasteiger charge is 2.24. The van der Waals surface area contributed by atoms with Crippen LogP contribution in [-0.2, 0) is 25.5 Å². The number of nitrogens with one attached hydrogen (secondary N) is 1. The van der Waals surface area contributed by atoms with Crippen molar-refractivity contribution in [3.8, 4) is 5.75 Å². The van der Waals surface area contributed by atoms with Gasteiger partial charge >= 0.3 is 11.9 Å². The molecule has 0 aliphatic carbocycles. The number of rotatable bonds is 1. The fraction of sp³-hybridized carbons (Fsp3) is 0.458. The molecular weight excluding hydrogens is 396 g/mol. The Morgan fingerprint density at radius 3 is 2.61 bits per heavy atom. The summed E-state index contributed by atoms with van der Waals surface area (Å²) in [7, 11) is 1.30. The summed E-state index contributed by atoms with van der Waals surface area (Å²) in [5, 5.41) is 2.81. The Morgan fingerprint density at radius 2 is 1.84 bits per heavy atom. The molecule has 4 bridgehead atoms. The predicted octanol–water partition coefficient (Wildman–Crippen LogP) is 3.25. The maximum Gasteiger partial charge on any atom is 0.328 e. The summed E-state index contributed by atoms with van der Waals surface area (Å²) in [6.45, 7) is 0.821. The Kier molecular flexibility index (Phi) is 8.27. The lowest BCUT2D eigenvalue weighted by Crippen LogP contribution is -2.44. The molecule has 1 N–H and O–H groups in total. The SMILES string of the molecule is COC(=O)[C@@H]1Cc2ccc(cc2)OC(=O)CCCCCCCN2C=CCC(=C2)C(=O)N1. The minimum atomic E-state index is -0.809. The molecule has 0 radical (unpaired) electrons. The van der Waals surface area contributed by atoms with Crippen LogP contribution in [-0.4, -0.2) is 42.4 Å². The normalized spacial score (nSPS) is 21.0. The summed E-state index contributed by atoms with van der Waals surface area (Å²) in [5.74, 6) is -0.543. The largest absolute Gasteiger partial charge is 0.467 e. The van der Waals surface area contributed by atoms with E-state index in [1.165, 1.54) is 7.11 Å². The average Bonchev–Trinajstić information content (AvgIpc) is 2.78. The van der Waals surface area contributed by atoms with Gasteiger partial charge in [0.15, 0.2) is 0 Å². The summed E-state index contributed by atoms with van der Waals surface area (Å²) < 4.78 is 10.3. The molecule has 1 amide bonds. The molecule has 3 aliphatic heterocycles. The lowest BCUT2D eigenvalue weighted by Gasteiger charge is -2.23. The van der Waals surface area contributed by atoms with E-state index in [4.69, 9.17) is 9.47 Å². The van der Waals surface area contributed by atoms with Crippen LogP contribution in [0, 0.1) is 0 Å². The van der Waals surface area contributed by atoms with E-state index < -0.39 is 12.0 Å². The fourth-order valence-corrected chi connectivity index (χ4v) is 3.69. The van der Waals surface area contributed by atoms with Gasteiger partial charge in [0.25, 0.3) is 0 Å². The molecule has 4 rings (SSSR count). The minimum absolute atomic E-state index is 0.238. The van der Waals surface area contributed by atoms with Gasteiger partial charge in [0.2, 0.25) is 5.91 Å². The number of allylic oxidation sites excluding steroid dienone is 1. The number of ether oxygens (including phenoxy) is 2. The molecule has 0 unspecified atom stereocenters. The molecule has 7 heteroatoms. The second-order valence-electron chi connectivity index (χ2n) is 7.87. The maximum absolute atomic E-state index is 12.8. The first-order valence-electron chi connectivity index (χ1n) is 10.9. The molecule has 1 atom stereocenters. The molecule has 0 fully saturated rings. The van der Waals surface area contributed by atoms with Gasteiger partial charge in [0.1, 0.15) is 11.8 Å². The summed E-state index contributed by atoms with van der Waals surface area (Å²) in [6, 6.07) is 6.17. The van der Waals surface area contributed by atoms with Gasteiger partial charge in [-0.05, 0) is 43.2 Å². The molecule has 3 aliphatic rings. The molecule has 3 heterocycles. The van der Waals surface area contributed by atoms with Crippen molar-refractivity contribution in [3.05, 3.63) is 53.9 Å². The third-order valence-corrected chi connectivity index (χ3v) is 5.43. The summed E-state index contributed by atoms with van der Waals surface area (Å²) >= 11 is 0. The lowest BCUT2D eigenvalue weighted by atomic mass is 10.0. The van der Waals surface area contributed by atoms with E-state index in [9.17, 15) is 14.4 Å². The number of amides is 1. The van der Waals surface area contributed by atoms with Crippen molar-refractivity contribution in [1.82, 2.24) is 10.2 Å². The molecule has 0 saturated heterocycles. The second-order valence-corrected chi connectivity index (χ2v) is 7.87. The summed E-state index contributed by atoms with van der Waals surface area (Å²) in [5.41, 5.74) is 1.44. The molecule has 31 heavy (non-hydrogen) atoms. The molecule has 7 nitrogen and oxygen atoms in total. The van der Waals surface area contributed by atoms with Gasteiger partial charge in [-0.1, -0.05) is 37.5 Å². The van der Waals surface area contributed by atoms with Crippen molar-refractivity contribution in [2.45, 2.75) is 57.4 Å². The van der Waals surface area contributed by atoms with Crippen LogP contribution < -0.4 is 10.1 Å². The van der Waals surface area contributed by atoms with Crippen molar-refractivity contribution < 1.29 is 23.9 Å². The third kappa shape index (κ3) is 6.98. The lowest BCUT2D eigenvalue weighted by molar-refractivity contribution is -0.144. The van der Waals surface area contributed by atoms with Gasteiger partial charge in [-0.25, -0.2) is 4.79 Å². The van der Waals surface area contributed by atoms with Crippen LogP contribution in [0.15, 0.2) is 48.3 Å². The monoisotopic (exact) mass is 426 g/mol. The Bertz CT molecular complexity index is 844. The van der Waals surface area contributed by atoms with Crippen molar-refractivity contribution >= 4 is 17.8 Å². The van der Waals surface area contributed by atoms with Crippen molar-refractivity contribution in [2.24, 2.45) is 0 Å². The van der Waals surface area contributed by atoms with Gasteiger partial charge < -0.3 is 19.7 Å². The third-order valence-electron chi connectivity index (χ3n) is 5.43. The van der Waals surface area contributed by atoms with Crippen LogP contribution in [0.2, 0.25) is 0 Å². The molecule has 1 aromatic carbocycles. The first kappa shape index (κ1) is 22.6. The molecule has 0 saturated carbocycles. The molecule has 166 valence electrons. The van der Waals surface area contributed by atoms with Gasteiger partial charge in [-0.2, -0.15) is 0 Å². The fourth-order valence-electron chi connectivity index (χ4n) is 3.69. The quantitative estimate of drug-likeness (QED) is 0.548. The minimum Gasteiger partial charge on any atom is -0.467 e. The number of methoxy groups -OCH3 is 1. The van der Waals surface area contributed by atoms with E-state index in [2.05, 4.69) is 5.32 Å². The van der Waals surface area contributed by atoms with E-state index in [0.29, 0.717) is 24.2 Å². The second kappa shape index (κ2) is 11.3. The van der Waals surface area contributed by atoms with Crippen LogP contribution in [0.4, 0.5) is 0 Å². The van der Waals surface area contributed by atoms with Crippen LogP contribution in [0.1, 0.15) is 50.5 Å². The summed E-state index contributed by atoms with van der Waals surface area (Å²) in [6.07, 6.45) is 11.9. The summed E-state index contributed by atoms with van der Waals surface area (Å²) in [4.78, 5) is 39.1. The zero-order chi connectivity index (χ0) is 22.1. The standard InChI is InChI=1S/C24H30N2O5/c1-30-24(29)21-16-18-10-12-20(13-11-18)31-22(27)9-5-3-2-4-6-14-26-15-7-8-19(17-26)23(28)25-21/h7,10-13,15,17,21H,2-6,8-9,14,16H2,1H3,(H,25,28)/t21-/m0/s1. The maximum atomic E-state index is 12.8. The Morgan fingerprint density at radius 1 is 1.10 bits per heavy atom. The van der Waals surface area contributed by atoms with E-state index in [0.717, 1.165) is 44.2 Å². The average molecular weight is 427 g/mol. The number of nitrogens with zero attached hydrogens (tertiary/aromatic N) is 1. The van der Waals surface area contributed by atoms with Crippen LogP contribution >= 0.6 is 0 Å². The Hall–Kier alpha value is -3.09.